The lowest BCUT2D eigenvalue weighted by Crippen LogP contribution is -2.28. The number of aliphatic hydroxyl groups is 1. The molecule has 1 aromatic rings. The number of hydrogen-bond acceptors (Lipinski definition) is 3. The summed E-state index contributed by atoms with van der Waals surface area (Å²) in [4.78, 5) is 11.1. The smallest absolute Gasteiger partial charge is 0.217 e. The number of carbonyl (C=O) groups excluding carboxylic acids is 1. The standard InChI is InChI=1S/C14H21NO3/c1-9(2)11-5-6-12(14(7-11)18-4)13(8-16)15-10(3)17/h5-7,9,13,16H,8H2,1-4H3,(H,15,17). The molecule has 4 nitrogen and oxygen atoms in total. The summed E-state index contributed by atoms with van der Waals surface area (Å²) in [5, 5.41) is 12.1. The summed E-state index contributed by atoms with van der Waals surface area (Å²) in [7, 11) is 1.59. The maximum absolute atomic E-state index is 11.1. The Morgan fingerprint density at radius 3 is 2.56 bits per heavy atom. The van der Waals surface area contributed by atoms with Crippen LogP contribution in [-0.2, 0) is 4.79 Å². The predicted molar refractivity (Wildman–Crippen MR) is 70.7 cm³/mol. The van der Waals surface area contributed by atoms with E-state index in [0.29, 0.717) is 11.7 Å². The first-order valence-electron chi connectivity index (χ1n) is 6.05. The molecular formula is C14H21NO3. The number of rotatable bonds is 5. The van der Waals surface area contributed by atoms with E-state index in [1.165, 1.54) is 6.92 Å². The third kappa shape index (κ3) is 3.47. The average Bonchev–Trinajstić information content (AvgIpc) is 2.34. The Morgan fingerprint density at radius 1 is 1.44 bits per heavy atom. The van der Waals surface area contributed by atoms with E-state index in [0.717, 1.165) is 11.1 Å². The molecule has 1 aromatic carbocycles. The van der Waals surface area contributed by atoms with E-state index in [4.69, 9.17) is 4.74 Å². The van der Waals surface area contributed by atoms with Gasteiger partial charge < -0.3 is 15.2 Å². The van der Waals surface area contributed by atoms with Crippen LogP contribution >= 0.6 is 0 Å². The van der Waals surface area contributed by atoms with Crippen LogP contribution in [0.25, 0.3) is 0 Å². The topological polar surface area (TPSA) is 58.6 Å². The third-order valence-electron chi connectivity index (χ3n) is 2.86. The number of aliphatic hydroxyl groups excluding tert-OH is 1. The number of ether oxygens (including phenoxy) is 1. The Balaban J connectivity index is 3.10. The molecule has 2 N–H and O–H groups in total. The Labute approximate surface area is 108 Å². The predicted octanol–water partition coefficient (Wildman–Crippen LogP) is 1.99. The summed E-state index contributed by atoms with van der Waals surface area (Å²) in [6.07, 6.45) is 0. The molecule has 1 rings (SSSR count). The molecule has 1 atom stereocenters. The molecule has 0 bridgehead atoms. The Kier molecular flexibility index (Phi) is 5.16. The van der Waals surface area contributed by atoms with Crippen LogP contribution in [-0.4, -0.2) is 24.7 Å². The summed E-state index contributed by atoms with van der Waals surface area (Å²) in [5.74, 6) is 0.916. The molecule has 100 valence electrons. The molecule has 0 fully saturated rings. The number of nitrogens with one attached hydrogen (secondary N) is 1. The minimum absolute atomic E-state index is 0.156. The minimum atomic E-state index is -0.432. The lowest BCUT2D eigenvalue weighted by Gasteiger charge is -2.20. The lowest BCUT2D eigenvalue weighted by molar-refractivity contribution is -0.120. The molecule has 0 saturated heterocycles. The van der Waals surface area contributed by atoms with Gasteiger partial charge in [-0.05, 0) is 17.5 Å². The van der Waals surface area contributed by atoms with Gasteiger partial charge in [-0.2, -0.15) is 0 Å². The van der Waals surface area contributed by atoms with Crippen LogP contribution in [0, 0.1) is 0 Å². The number of hydrogen-bond donors (Lipinski definition) is 2. The van der Waals surface area contributed by atoms with Crippen molar-refractivity contribution in [3.8, 4) is 5.75 Å². The number of benzene rings is 1. The van der Waals surface area contributed by atoms with Crippen LogP contribution in [0.5, 0.6) is 5.75 Å². The quantitative estimate of drug-likeness (QED) is 0.841. The van der Waals surface area contributed by atoms with E-state index < -0.39 is 6.04 Å². The second-order valence-corrected chi connectivity index (χ2v) is 4.59. The fourth-order valence-corrected chi connectivity index (χ4v) is 1.84. The van der Waals surface area contributed by atoms with Crippen molar-refractivity contribution in [2.24, 2.45) is 0 Å². The molecule has 0 saturated carbocycles. The van der Waals surface area contributed by atoms with Gasteiger partial charge in [0.05, 0.1) is 19.8 Å². The van der Waals surface area contributed by atoms with Gasteiger partial charge in [0.25, 0.3) is 0 Å². The molecule has 0 radical (unpaired) electrons. The Bertz CT molecular complexity index is 416. The molecule has 18 heavy (non-hydrogen) atoms. The van der Waals surface area contributed by atoms with E-state index >= 15 is 0 Å². The molecule has 0 aliphatic heterocycles. The number of amides is 1. The zero-order valence-corrected chi connectivity index (χ0v) is 11.4. The first-order valence-corrected chi connectivity index (χ1v) is 6.05. The highest BCUT2D eigenvalue weighted by molar-refractivity contribution is 5.73. The summed E-state index contributed by atoms with van der Waals surface area (Å²) in [5.41, 5.74) is 1.95. The number of carbonyl (C=O) groups is 1. The highest BCUT2D eigenvalue weighted by Crippen LogP contribution is 2.29. The zero-order valence-electron chi connectivity index (χ0n) is 11.4. The third-order valence-corrected chi connectivity index (χ3v) is 2.86. The second kappa shape index (κ2) is 6.40. The molecule has 0 aliphatic rings. The largest absolute Gasteiger partial charge is 0.496 e. The molecule has 0 aromatic heterocycles. The maximum atomic E-state index is 11.1. The van der Waals surface area contributed by atoms with Crippen molar-refractivity contribution in [3.63, 3.8) is 0 Å². The molecule has 0 aliphatic carbocycles. The molecule has 0 heterocycles. The van der Waals surface area contributed by atoms with Crippen molar-refractivity contribution < 1.29 is 14.6 Å². The van der Waals surface area contributed by atoms with Gasteiger partial charge in [-0.25, -0.2) is 0 Å². The monoisotopic (exact) mass is 251 g/mol. The van der Waals surface area contributed by atoms with Crippen molar-refractivity contribution in [3.05, 3.63) is 29.3 Å². The maximum Gasteiger partial charge on any atom is 0.217 e. The fraction of sp³-hybridized carbons (Fsp3) is 0.500. The van der Waals surface area contributed by atoms with E-state index in [1.54, 1.807) is 7.11 Å². The minimum Gasteiger partial charge on any atom is -0.496 e. The van der Waals surface area contributed by atoms with Crippen LogP contribution < -0.4 is 10.1 Å². The van der Waals surface area contributed by atoms with Gasteiger partial charge in [0, 0.05) is 12.5 Å². The first kappa shape index (κ1) is 14.5. The molecule has 1 unspecified atom stereocenters. The van der Waals surface area contributed by atoms with Crippen LogP contribution in [0.3, 0.4) is 0 Å². The van der Waals surface area contributed by atoms with Crippen LogP contribution in [0.4, 0.5) is 0 Å². The number of methoxy groups -OCH3 is 1. The molecule has 1 amide bonds. The molecule has 0 spiro atoms. The highest BCUT2D eigenvalue weighted by Gasteiger charge is 2.17. The van der Waals surface area contributed by atoms with E-state index in [9.17, 15) is 9.90 Å². The molecular weight excluding hydrogens is 230 g/mol. The van der Waals surface area contributed by atoms with Gasteiger partial charge in [0.2, 0.25) is 5.91 Å². The summed E-state index contributed by atoms with van der Waals surface area (Å²) < 4.78 is 5.34. The highest BCUT2D eigenvalue weighted by atomic mass is 16.5. The van der Waals surface area contributed by atoms with E-state index in [2.05, 4.69) is 19.2 Å². The second-order valence-electron chi connectivity index (χ2n) is 4.59. The fourth-order valence-electron chi connectivity index (χ4n) is 1.84. The van der Waals surface area contributed by atoms with Crippen LogP contribution in [0.1, 0.15) is 43.9 Å². The van der Waals surface area contributed by atoms with Crippen molar-refractivity contribution >= 4 is 5.91 Å². The van der Waals surface area contributed by atoms with E-state index in [1.807, 2.05) is 18.2 Å². The van der Waals surface area contributed by atoms with Crippen molar-refractivity contribution in [2.75, 3.05) is 13.7 Å². The zero-order chi connectivity index (χ0) is 13.7. The van der Waals surface area contributed by atoms with Gasteiger partial charge in [0.15, 0.2) is 0 Å². The summed E-state index contributed by atoms with van der Waals surface area (Å²) in [6.45, 7) is 5.48. The van der Waals surface area contributed by atoms with E-state index in [-0.39, 0.29) is 12.5 Å². The average molecular weight is 251 g/mol. The summed E-state index contributed by atoms with van der Waals surface area (Å²) in [6, 6.07) is 5.40. The Hall–Kier alpha value is -1.55. The van der Waals surface area contributed by atoms with Gasteiger partial charge in [-0.1, -0.05) is 26.0 Å². The molecule has 4 heteroatoms. The Morgan fingerprint density at radius 2 is 2.11 bits per heavy atom. The van der Waals surface area contributed by atoms with Crippen LogP contribution in [0.15, 0.2) is 18.2 Å². The van der Waals surface area contributed by atoms with Gasteiger partial charge >= 0.3 is 0 Å². The normalized spacial score (nSPS) is 12.3. The van der Waals surface area contributed by atoms with Gasteiger partial charge in [-0.3, -0.25) is 4.79 Å². The van der Waals surface area contributed by atoms with Crippen molar-refractivity contribution in [1.29, 1.82) is 0 Å². The van der Waals surface area contributed by atoms with Crippen LogP contribution in [0.2, 0.25) is 0 Å². The summed E-state index contributed by atoms with van der Waals surface area (Å²) >= 11 is 0. The van der Waals surface area contributed by atoms with Crippen molar-refractivity contribution in [1.82, 2.24) is 5.32 Å². The van der Waals surface area contributed by atoms with Gasteiger partial charge in [0.1, 0.15) is 5.75 Å². The first-order chi connectivity index (χ1) is 8.49. The van der Waals surface area contributed by atoms with Crippen molar-refractivity contribution in [2.45, 2.75) is 32.7 Å². The van der Waals surface area contributed by atoms with Gasteiger partial charge in [-0.15, -0.1) is 0 Å². The SMILES string of the molecule is COc1cc(C(C)C)ccc1C(CO)NC(C)=O. The lowest BCUT2D eigenvalue weighted by atomic mass is 9.98.